The molecule has 1 amide bonds. The van der Waals surface area contributed by atoms with Crippen LogP contribution in [0.2, 0.25) is 0 Å². The summed E-state index contributed by atoms with van der Waals surface area (Å²) < 4.78 is 7.36. The number of nitrogens with one attached hydrogen (secondary N) is 1. The summed E-state index contributed by atoms with van der Waals surface area (Å²) in [5.74, 6) is 0.251. The maximum Gasteiger partial charge on any atom is 0.277 e. The fraction of sp³-hybridized carbons (Fsp3) is 0.0476. The molecule has 0 unspecified atom stereocenters. The fourth-order valence-electron chi connectivity index (χ4n) is 2.51. The van der Waals surface area contributed by atoms with Crippen LogP contribution in [0.25, 0.3) is 11.1 Å². The van der Waals surface area contributed by atoms with E-state index < -0.39 is 5.91 Å². The van der Waals surface area contributed by atoms with Crippen molar-refractivity contribution >= 4 is 59.9 Å². The molecule has 2 N–H and O–H groups in total. The predicted octanol–water partition coefficient (Wildman–Crippen LogP) is 5.88. The van der Waals surface area contributed by atoms with Crippen molar-refractivity contribution in [2.24, 2.45) is 5.10 Å². The number of aromatic hydroxyl groups is 1. The van der Waals surface area contributed by atoms with E-state index in [1.807, 2.05) is 54.6 Å². The van der Waals surface area contributed by atoms with Crippen LogP contribution >= 0.6 is 47.8 Å². The van der Waals surface area contributed by atoms with Crippen molar-refractivity contribution in [3.8, 4) is 22.6 Å². The highest BCUT2D eigenvalue weighted by atomic mass is 79.9. The smallest absolute Gasteiger partial charge is 0.277 e. The molecule has 3 aromatic rings. The summed E-state index contributed by atoms with van der Waals surface area (Å²) in [5, 5.41) is 13.9. The van der Waals surface area contributed by atoms with Gasteiger partial charge in [-0.3, -0.25) is 4.79 Å². The molecule has 0 spiro atoms. The van der Waals surface area contributed by atoms with E-state index in [1.54, 1.807) is 6.07 Å². The summed E-state index contributed by atoms with van der Waals surface area (Å²) in [6.07, 6.45) is 1.43. The van der Waals surface area contributed by atoms with Crippen molar-refractivity contribution in [2.45, 2.75) is 0 Å². The molecule has 0 aliphatic rings. The quantitative estimate of drug-likeness (QED) is 0.282. The number of hydrazone groups is 1. The number of amides is 1. The Balaban J connectivity index is 1.64. The zero-order chi connectivity index (χ0) is 20.8. The Bertz CT molecular complexity index is 1060. The minimum atomic E-state index is -0.405. The SMILES string of the molecule is O=C(COc1ccccc1-c1ccccc1)NN=Cc1c(Br)cc(Br)c(O)c1Br. The van der Waals surface area contributed by atoms with E-state index >= 15 is 0 Å². The first kappa shape index (κ1) is 21.5. The van der Waals surface area contributed by atoms with Crippen molar-refractivity contribution < 1.29 is 14.6 Å². The first-order valence-corrected chi connectivity index (χ1v) is 10.8. The molecule has 0 aliphatic heterocycles. The van der Waals surface area contributed by atoms with Gasteiger partial charge in [0.05, 0.1) is 15.2 Å². The maximum absolute atomic E-state index is 12.1. The second-order valence-corrected chi connectivity index (χ2v) is 8.36. The third kappa shape index (κ3) is 5.46. The van der Waals surface area contributed by atoms with Crippen molar-refractivity contribution in [3.63, 3.8) is 0 Å². The zero-order valence-electron chi connectivity index (χ0n) is 14.9. The van der Waals surface area contributed by atoms with Crippen LogP contribution in [-0.4, -0.2) is 23.8 Å². The van der Waals surface area contributed by atoms with Crippen LogP contribution in [-0.2, 0) is 4.79 Å². The Morgan fingerprint density at radius 1 is 1.03 bits per heavy atom. The number of carbonyl (C=O) groups excluding carboxylic acids is 1. The number of para-hydroxylation sites is 1. The van der Waals surface area contributed by atoms with Gasteiger partial charge in [0.25, 0.3) is 5.91 Å². The summed E-state index contributed by atoms with van der Waals surface area (Å²) in [6.45, 7) is -0.185. The first-order valence-electron chi connectivity index (χ1n) is 8.43. The van der Waals surface area contributed by atoms with Crippen molar-refractivity contribution in [1.29, 1.82) is 0 Å². The van der Waals surface area contributed by atoms with E-state index in [1.165, 1.54) is 6.21 Å². The molecular formula is C21H15Br3N2O3. The number of benzene rings is 3. The van der Waals surface area contributed by atoms with Gasteiger partial charge >= 0.3 is 0 Å². The molecule has 0 saturated carbocycles. The lowest BCUT2D eigenvalue weighted by Gasteiger charge is -2.11. The van der Waals surface area contributed by atoms with E-state index in [4.69, 9.17) is 4.74 Å². The number of hydrogen-bond donors (Lipinski definition) is 2. The van der Waals surface area contributed by atoms with Crippen LogP contribution in [0.4, 0.5) is 0 Å². The third-order valence-electron chi connectivity index (χ3n) is 3.89. The number of rotatable bonds is 6. The molecular weight excluding hydrogens is 568 g/mol. The number of hydrogen-bond acceptors (Lipinski definition) is 4. The highest BCUT2D eigenvalue weighted by Crippen LogP contribution is 2.38. The largest absolute Gasteiger partial charge is 0.506 e. The van der Waals surface area contributed by atoms with Gasteiger partial charge in [-0.1, -0.05) is 64.5 Å². The minimum Gasteiger partial charge on any atom is -0.506 e. The second kappa shape index (κ2) is 10.0. The number of carbonyl (C=O) groups is 1. The van der Waals surface area contributed by atoms with Gasteiger partial charge in [0, 0.05) is 15.6 Å². The minimum absolute atomic E-state index is 0.0434. The van der Waals surface area contributed by atoms with Gasteiger partial charge in [-0.15, -0.1) is 0 Å². The van der Waals surface area contributed by atoms with Gasteiger partial charge in [-0.2, -0.15) is 5.10 Å². The number of nitrogens with zero attached hydrogens (tertiary/aromatic N) is 1. The number of ether oxygens (including phenoxy) is 1. The standard InChI is InChI=1S/C21H15Br3N2O3/c22-16-10-17(23)21(28)20(24)15(16)11-25-26-19(27)12-29-18-9-5-4-8-14(18)13-6-2-1-3-7-13/h1-11,28H,12H2,(H,26,27). The molecule has 0 bridgehead atoms. The molecule has 0 atom stereocenters. The summed E-state index contributed by atoms with van der Waals surface area (Å²) >= 11 is 9.94. The second-order valence-electron chi connectivity index (χ2n) is 5.86. The Morgan fingerprint density at radius 3 is 2.48 bits per heavy atom. The Labute approximate surface area is 193 Å². The fourth-order valence-corrected chi connectivity index (χ4v) is 4.83. The topological polar surface area (TPSA) is 70.9 Å². The zero-order valence-corrected chi connectivity index (χ0v) is 19.7. The summed E-state index contributed by atoms with van der Waals surface area (Å²) in [5.41, 5.74) is 4.92. The van der Waals surface area contributed by atoms with Gasteiger partial charge in [-0.25, -0.2) is 5.43 Å². The van der Waals surface area contributed by atoms with Gasteiger partial charge < -0.3 is 9.84 Å². The molecule has 5 nitrogen and oxygen atoms in total. The molecule has 0 fully saturated rings. The van der Waals surface area contributed by atoms with E-state index in [9.17, 15) is 9.90 Å². The average Bonchev–Trinajstić information content (AvgIpc) is 2.74. The summed E-state index contributed by atoms with van der Waals surface area (Å²) in [6, 6.07) is 19.0. The highest BCUT2D eigenvalue weighted by Gasteiger charge is 2.12. The van der Waals surface area contributed by atoms with Crippen LogP contribution in [0, 0.1) is 0 Å². The molecule has 3 aromatic carbocycles. The molecule has 0 aromatic heterocycles. The molecule has 0 saturated heterocycles. The summed E-state index contributed by atoms with van der Waals surface area (Å²) in [4.78, 5) is 12.1. The molecule has 29 heavy (non-hydrogen) atoms. The normalized spacial score (nSPS) is 10.9. The predicted molar refractivity (Wildman–Crippen MR) is 124 cm³/mol. The number of phenols is 1. The summed E-state index contributed by atoms with van der Waals surface area (Å²) in [7, 11) is 0. The van der Waals surface area contributed by atoms with Crippen LogP contribution in [0.15, 0.2) is 79.2 Å². The highest BCUT2D eigenvalue weighted by molar-refractivity contribution is 9.11. The molecule has 0 heterocycles. The lowest BCUT2D eigenvalue weighted by atomic mass is 10.1. The molecule has 3 rings (SSSR count). The van der Waals surface area contributed by atoms with E-state index in [0.29, 0.717) is 24.7 Å². The van der Waals surface area contributed by atoms with Crippen molar-refractivity contribution in [3.05, 3.63) is 79.6 Å². The van der Waals surface area contributed by atoms with E-state index in [2.05, 4.69) is 58.3 Å². The maximum atomic E-state index is 12.1. The monoisotopic (exact) mass is 580 g/mol. The molecule has 8 heteroatoms. The van der Waals surface area contributed by atoms with Crippen LogP contribution in [0.1, 0.15) is 5.56 Å². The van der Waals surface area contributed by atoms with Gasteiger partial charge in [-0.05, 0) is 49.6 Å². The Morgan fingerprint density at radius 2 is 1.72 bits per heavy atom. The number of halogens is 3. The Kier molecular flexibility index (Phi) is 7.46. The van der Waals surface area contributed by atoms with Crippen molar-refractivity contribution in [1.82, 2.24) is 5.43 Å². The molecule has 0 radical (unpaired) electrons. The van der Waals surface area contributed by atoms with Gasteiger partial charge in [0.2, 0.25) is 0 Å². The third-order valence-corrected chi connectivity index (χ3v) is 5.96. The van der Waals surface area contributed by atoms with Gasteiger partial charge in [0.15, 0.2) is 6.61 Å². The van der Waals surface area contributed by atoms with Crippen LogP contribution < -0.4 is 10.2 Å². The van der Waals surface area contributed by atoms with E-state index in [0.717, 1.165) is 11.1 Å². The Hall–Kier alpha value is -2.16. The van der Waals surface area contributed by atoms with Crippen LogP contribution in [0.3, 0.4) is 0 Å². The molecule has 148 valence electrons. The first-order chi connectivity index (χ1) is 14.0. The lowest BCUT2D eigenvalue weighted by Crippen LogP contribution is -2.24. The average molecular weight is 583 g/mol. The van der Waals surface area contributed by atoms with Gasteiger partial charge in [0.1, 0.15) is 11.5 Å². The van der Waals surface area contributed by atoms with E-state index in [-0.39, 0.29) is 12.4 Å². The van der Waals surface area contributed by atoms with Crippen LogP contribution in [0.5, 0.6) is 11.5 Å². The van der Waals surface area contributed by atoms with Crippen molar-refractivity contribution in [2.75, 3.05) is 6.61 Å². The lowest BCUT2D eigenvalue weighted by molar-refractivity contribution is -0.123. The molecule has 0 aliphatic carbocycles. The number of phenolic OH excluding ortho intramolecular Hbond substituents is 1.